The van der Waals surface area contributed by atoms with Crippen molar-refractivity contribution in [2.45, 2.75) is 44.6 Å². The second-order valence-electron chi connectivity index (χ2n) is 11.6. The van der Waals surface area contributed by atoms with Crippen LogP contribution in [-0.2, 0) is 10.2 Å². The van der Waals surface area contributed by atoms with Crippen molar-refractivity contribution < 1.29 is 36.6 Å². The molecule has 0 unspecified atom stereocenters. The molecule has 0 bridgehead atoms. The lowest BCUT2D eigenvalue weighted by Crippen LogP contribution is -2.40. The summed E-state index contributed by atoms with van der Waals surface area (Å²) in [6.07, 6.45) is 3.14. The molecule has 6 rings (SSSR count). The summed E-state index contributed by atoms with van der Waals surface area (Å²) in [6.45, 7) is 0.191. The Morgan fingerprint density at radius 2 is 1.93 bits per heavy atom. The minimum atomic E-state index is -3.12. The molecule has 0 saturated heterocycles. The number of alkyl halides is 2. The number of nitrogens with zero attached hydrogens (tertiary/aromatic N) is 2. The van der Waals surface area contributed by atoms with Crippen molar-refractivity contribution in [3.63, 3.8) is 0 Å². The van der Waals surface area contributed by atoms with Gasteiger partial charge in [0, 0.05) is 46.4 Å². The number of aryl methyl sites for hydroxylation is 1. The molecule has 3 heterocycles. The molecule has 13 heteroatoms. The third kappa shape index (κ3) is 5.63. The van der Waals surface area contributed by atoms with E-state index in [1.165, 1.54) is 30.5 Å². The number of pyridine rings is 2. The number of carbonyl (C=O) groups excluding carboxylic acids is 2. The fraction of sp³-hybridized carbons (Fsp3) is 0.312. The van der Waals surface area contributed by atoms with Crippen molar-refractivity contribution in [3.05, 3.63) is 81.6 Å². The zero-order valence-electron chi connectivity index (χ0n) is 24.1. The average molecular weight is 643 g/mol. The number of primary amides is 1. The van der Waals surface area contributed by atoms with Gasteiger partial charge < -0.3 is 20.5 Å². The summed E-state index contributed by atoms with van der Waals surface area (Å²) < 4.78 is 66.6. The van der Waals surface area contributed by atoms with Crippen LogP contribution in [0, 0.1) is 24.5 Å². The van der Waals surface area contributed by atoms with Gasteiger partial charge >= 0.3 is 6.61 Å². The Morgan fingerprint density at radius 1 is 1.18 bits per heavy atom. The first-order chi connectivity index (χ1) is 21.4. The summed E-state index contributed by atoms with van der Waals surface area (Å²) >= 11 is 5.79. The Kier molecular flexibility index (Phi) is 7.80. The highest BCUT2D eigenvalue weighted by Crippen LogP contribution is 2.49. The summed E-state index contributed by atoms with van der Waals surface area (Å²) in [5.41, 5.74) is 6.05. The molecule has 1 aliphatic carbocycles. The summed E-state index contributed by atoms with van der Waals surface area (Å²) in [7, 11) is 0. The van der Waals surface area contributed by atoms with E-state index in [4.69, 9.17) is 27.1 Å². The first-order valence-electron chi connectivity index (χ1n) is 14.1. The van der Waals surface area contributed by atoms with Crippen LogP contribution in [0.4, 0.5) is 17.6 Å². The fourth-order valence-corrected chi connectivity index (χ4v) is 5.79. The van der Waals surface area contributed by atoms with Gasteiger partial charge in [0.1, 0.15) is 29.0 Å². The number of hydrogen-bond donors (Lipinski definition) is 2. The summed E-state index contributed by atoms with van der Waals surface area (Å²) in [5, 5.41) is 2.90. The van der Waals surface area contributed by atoms with E-state index in [2.05, 4.69) is 15.0 Å². The average Bonchev–Trinajstić information content (AvgIpc) is 3.77. The van der Waals surface area contributed by atoms with Crippen LogP contribution in [0.3, 0.4) is 0 Å². The lowest BCUT2D eigenvalue weighted by molar-refractivity contribution is -0.123. The Balaban J connectivity index is 1.38. The van der Waals surface area contributed by atoms with Gasteiger partial charge in [0.15, 0.2) is 17.4 Å². The highest BCUT2D eigenvalue weighted by molar-refractivity contribution is 6.30. The largest absolute Gasteiger partial charge is 0.489 e. The van der Waals surface area contributed by atoms with Crippen LogP contribution in [0.5, 0.6) is 11.5 Å². The molecule has 2 aromatic heterocycles. The number of hydrogen-bond acceptors (Lipinski definition) is 6. The number of ether oxygens (including phenoxy) is 2. The number of nitrogens with one attached hydrogen (secondary N) is 1. The number of rotatable bonds is 9. The zero-order valence-corrected chi connectivity index (χ0v) is 24.9. The molecule has 2 aromatic carbocycles. The summed E-state index contributed by atoms with van der Waals surface area (Å²) in [5.74, 6) is -4.18. The van der Waals surface area contributed by atoms with Crippen molar-refractivity contribution in [2.24, 2.45) is 11.7 Å². The minimum absolute atomic E-state index is 0.0243. The molecule has 2 amide bonds. The Hall–Kier alpha value is -4.45. The number of amides is 2. The molecule has 45 heavy (non-hydrogen) atoms. The molecule has 2 atom stereocenters. The van der Waals surface area contributed by atoms with Crippen LogP contribution >= 0.6 is 11.6 Å². The van der Waals surface area contributed by atoms with E-state index >= 15 is 4.39 Å². The number of aromatic nitrogens is 2. The normalized spacial score (nSPS) is 18.0. The summed E-state index contributed by atoms with van der Waals surface area (Å²) in [6, 6.07) is 8.58. The first kappa shape index (κ1) is 30.6. The Bertz CT molecular complexity index is 1870. The smallest absolute Gasteiger partial charge is 0.387 e. The maximum atomic E-state index is 15.2. The third-order valence-electron chi connectivity index (χ3n) is 8.34. The van der Waals surface area contributed by atoms with E-state index in [0.717, 1.165) is 18.4 Å². The minimum Gasteiger partial charge on any atom is -0.489 e. The van der Waals surface area contributed by atoms with Crippen LogP contribution in [0.15, 0.2) is 42.6 Å². The second-order valence-corrected chi connectivity index (χ2v) is 12.0. The predicted molar refractivity (Wildman–Crippen MR) is 158 cm³/mol. The van der Waals surface area contributed by atoms with E-state index in [-0.39, 0.29) is 52.9 Å². The van der Waals surface area contributed by atoms with Crippen LogP contribution in [0.25, 0.3) is 22.2 Å². The standard InChI is InChI=1S/C32H27ClF4N4O4/c1-14-7-16-8-17(9-23(45-31(36)37)26(16)39-11-14)29(42)40-12-19(15-3-4-15)22-10-20-28(44-13-32(20,2)30(38)43)27(41-22)18-5-6-21(33)25(35)24(18)34/h5-11,15,19,31H,3-4,12-13H2,1-2H3,(H2,38,43)(H,40,42)/t19-,32-/m0/s1. The van der Waals surface area contributed by atoms with Crippen molar-refractivity contribution >= 4 is 34.3 Å². The van der Waals surface area contributed by atoms with Gasteiger partial charge in [-0.2, -0.15) is 8.78 Å². The van der Waals surface area contributed by atoms with Gasteiger partial charge in [-0.05, 0) is 74.6 Å². The van der Waals surface area contributed by atoms with Crippen molar-refractivity contribution in [3.8, 4) is 22.8 Å². The van der Waals surface area contributed by atoms with Gasteiger partial charge in [-0.3, -0.25) is 14.6 Å². The second kappa shape index (κ2) is 11.5. The number of halogens is 5. The van der Waals surface area contributed by atoms with E-state index in [1.54, 1.807) is 26.0 Å². The lowest BCUT2D eigenvalue weighted by Gasteiger charge is -2.22. The van der Waals surface area contributed by atoms with Crippen LogP contribution in [0.1, 0.15) is 52.9 Å². The van der Waals surface area contributed by atoms with Crippen molar-refractivity contribution in [1.29, 1.82) is 0 Å². The molecule has 2 aliphatic rings. The molecule has 4 aromatic rings. The molecule has 1 fully saturated rings. The molecule has 1 aliphatic heterocycles. The molecule has 0 radical (unpaired) electrons. The van der Waals surface area contributed by atoms with Gasteiger partial charge in [-0.1, -0.05) is 11.6 Å². The first-order valence-corrected chi connectivity index (χ1v) is 14.5. The molecule has 1 saturated carbocycles. The topological polar surface area (TPSA) is 116 Å². The summed E-state index contributed by atoms with van der Waals surface area (Å²) in [4.78, 5) is 34.8. The highest BCUT2D eigenvalue weighted by atomic mass is 35.5. The molecular weight excluding hydrogens is 616 g/mol. The van der Waals surface area contributed by atoms with E-state index in [0.29, 0.717) is 16.6 Å². The zero-order chi connectivity index (χ0) is 32.2. The number of fused-ring (bicyclic) bond motifs is 2. The number of benzene rings is 2. The fourth-order valence-electron chi connectivity index (χ4n) is 5.65. The lowest BCUT2D eigenvalue weighted by atomic mass is 9.82. The molecule has 8 nitrogen and oxygen atoms in total. The van der Waals surface area contributed by atoms with E-state index in [9.17, 15) is 22.8 Å². The van der Waals surface area contributed by atoms with Gasteiger partial charge in [-0.25, -0.2) is 13.8 Å². The van der Waals surface area contributed by atoms with Crippen LogP contribution in [0.2, 0.25) is 5.02 Å². The number of carbonyl (C=O) groups is 2. The van der Waals surface area contributed by atoms with Gasteiger partial charge in [0.2, 0.25) is 5.91 Å². The molecular formula is C32H27ClF4N4O4. The van der Waals surface area contributed by atoms with Crippen molar-refractivity contribution in [2.75, 3.05) is 13.2 Å². The van der Waals surface area contributed by atoms with E-state index < -0.39 is 46.4 Å². The maximum Gasteiger partial charge on any atom is 0.387 e. The monoisotopic (exact) mass is 642 g/mol. The van der Waals surface area contributed by atoms with Crippen molar-refractivity contribution in [1.82, 2.24) is 15.3 Å². The third-order valence-corrected chi connectivity index (χ3v) is 8.64. The Labute approximate surface area is 259 Å². The van der Waals surface area contributed by atoms with Gasteiger partial charge in [0.25, 0.3) is 5.91 Å². The van der Waals surface area contributed by atoms with Gasteiger partial charge in [0.05, 0.1) is 5.02 Å². The molecule has 234 valence electrons. The highest BCUT2D eigenvalue weighted by Gasteiger charge is 2.45. The SMILES string of the molecule is Cc1cnc2c(OC(F)F)cc(C(=O)NC[C@H](c3cc4c(c(-c5ccc(Cl)c(F)c5F)n3)OC[C@]4(C)C(N)=O)C3CC3)cc2c1. The van der Waals surface area contributed by atoms with Crippen LogP contribution < -0.4 is 20.5 Å². The maximum absolute atomic E-state index is 15.2. The quantitative estimate of drug-likeness (QED) is 0.166. The molecule has 0 spiro atoms. The number of nitrogens with two attached hydrogens (primary N) is 1. The van der Waals surface area contributed by atoms with E-state index in [1.807, 2.05) is 0 Å². The Morgan fingerprint density at radius 3 is 2.62 bits per heavy atom. The predicted octanol–water partition coefficient (Wildman–Crippen LogP) is 6.20. The van der Waals surface area contributed by atoms with Crippen LogP contribution in [-0.4, -0.2) is 41.5 Å². The molecule has 3 N–H and O–H groups in total. The van der Waals surface area contributed by atoms with Gasteiger partial charge in [-0.15, -0.1) is 0 Å².